The molecule has 2 N–H and O–H groups in total. The molecule has 0 bridgehead atoms. The molecule has 94 valence electrons. The van der Waals surface area contributed by atoms with Gasteiger partial charge in [0.25, 0.3) is 0 Å². The third-order valence-corrected chi connectivity index (χ3v) is 2.61. The summed E-state index contributed by atoms with van der Waals surface area (Å²) in [5, 5.41) is 12.3. The van der Waals surface area contributed by atoms with Crippen LogP contribution < -0.4 is 5.32 Å². The lowest BCUT2D eigenvalue weighted by Gasteiger charge is -2.08. The highest BCUT2D eigenvalue weighted by Gasteiger charge is 1.99. The zero-order valence-corrected chi connectivity index (χ0v) is 10.6. The summed E-state index contributed by atoms with van der Waals surface area (Å²) in [4.78, 5) is 8.55. The van der Waals surface area contributed by atoms with E-state index in [1.54, 1.807) is 0 Å². The zero-order valence-electron chi connectivity index (χ0n) is 10.6. The van der Waals surface area contributed by atoms with Crippen LogP contribution in [-0.4, -0.2) is 15.1 Å². The average molecular weight is 243 g/mol. The average Bonchev–Trinajstić information content (AvgIpc) is 2.35. The van der Waals surface area contributed by atoms with Gasteiger partial charge in [-0.25, -0.2) is 9.97 Å². The Morgan fingerprint density at radius 2 is 1.89 bits per heavy atom. The first kappa shape index (κ1) is 12.5. The fourth-order valence-corrected chi connectivity index (χ4v) is 1.84. The highest BCUT2D eigenvalue weighted by molar-refractivity contribution is 5.37. The van der Waals surface area contributed by atoms with E-state index in [-0.39, 0.29) is 6.61 Å². The SMILES string of the molecule is Cc1cc(NCc2cccc(CO)c2)nc(C)n1. The molecule has 0 saturated heterocycles. The van der Waals surface area contributed by atoms with Gasteiger partial charge in [-0.1, -0.05) is 24.3 Å². The second-order valence-corrected chi connectivity index (χ2v) is 4.27. The van der Waals surface area contributed by atoms with Crippen molar-refractivity contribution in [3.05, 3.63) is 53.0 Å². The first-order chi connectivity index (χ1) is 8.67. The fourth-order valence-electron chi connectivity index (χ4n) is 1.84. The van der Waals surface area contributed by atoms with Gasteiger partial charge in [-0.15, -0.1) is 0 Å². The molecule has 0 atom stereocenters. The highest BCUT2D eigenvalue weighted by Crippen LogP contribution is 2.10. The molecule has 2 rings (SSSR count). The summed E-state index contributed by atoms with van der Waals surface area (Å²) in [6, 6.07) is 9.77. The van der Waals surface area contributed by atoms with E-state index in [1.165, 1.54) is 0 Å². The van der Waals surface area contributed by atoms with Crippen molar-refractivity contribution in [1.29, 1.82) is 0 Å². The van der Waals surface area contributed by atoms with Crippen molar-refractivity contribution in [2.24, 2.45) is 0 Å². The van der Waals surface area contributed by atoms with Gasteiger partial charge in [-0.3, -0.25) is 0 Å². The molecular weight excluding hydrogens is 226 g/mol. The molecule has 0 aliphatic rings. The predicted octanol–water partition coefficient (Wildman–Crippen LogP) is 2.20. The third kappa shape index (κ3) is 3.28. The maximum absolute atomic E-state index is 9.08. The summed E-state index contributed by atoms with van der Waals surface area (Å²) in [7, 11) is 0. The van der Waals surface area contributed by atoms with Gasteiger partial charge in [-0.2, -0.15) is 0 Å². The molecule has 4 heteroatoms. The van der Waals surface area contributed by atoms with E-state index >= 15 is 0 Å². The van der Waals surface area contributed by atoms with Crippen molar-refractivity contribution in [2.75, 3.05) is 5.32 Å². The van der Waals surface area contributed by atoms with Crippen LogP contribution in [0.15, 0.2) is 30.3 Å². The first-order valence-electron chi connectivity index (χ1n) is 5.92. The zero-order chi connectivity index (χ0) is 13.0. The molecule has 18 heavy (non-hydrogen) atoms. The van der Waals surface area contributed by atoms with Gasteiger partial charge in [0.2, 0.25) is 0 Å². The third-order valence-electron chi connectivity index (χ3n) is 2.61. The second-order valence-electron chi connectivity index (χ2n) is 4.27. The fraction of sp³-hybridized carbons (Fsp3) is 0.286. The Kier molecular flexibility index (Phi) is 3.89. The van der Waals surface area contributed by atoms with E-state index in [0.717, 1.165) is 28.5 Å². The number of aryl methyl sites for hydroxylation is 2. The number of aliphatic hydroxyl groups is 1. The molecule has 1 heterocycles. The predicted molar refractivity (Wildman–Crippen MR) is 71.2 cm³/mol. The molecular formula is C14H17N3O. The van der Waals surface area contributed by atoms with Crippen molar-refractivity contribution in [3.8, 4) is 0 Å². The lowest BCUT2D eigenvalue weighted by molar-refractivity contribution is 0.281. The van der Waals surface area contributed by atoms with Gasteiger partial charge in [0.1, 0.15) is 11.6 Å². The number of anilines is 1. The van der Waals surface area contributed by atoms with E-state index in [0.29, 0.717) is 6.54 Å². The van der Waals surface area contributed by atoms with Crippen LogP contribution in [-0.2, 0) is 13.2 Å². The van der Waals surface area contributed by atoms with Crippen molar-refractivity contribution in [2.45, 2.75) is 27.0 Å². The van der Waals surface area contributed by atoms with Crippen LogP contribution in [0.4, 0.5) is 5.82 Å². The van der Waals surface area contributed by atoms with Crippen molar-refractivity contribution >= 4 is 5.82 Å². The van der Waals surface area contributed by atoms with Crippen LogP contribution in [0.3, 0.4) is 0 Å². The number of hydrogen-bond acceptors (Lipinski definition) is 4. The lowest BCUT2D eigenvalue weighted by Crippen LogP contribution is -2.04. The molecule has 1 aromatic heterocycles. The van der Waals surface area contributed by atoms with E-state index in [1.807, 2.05) is 44.2 Å². The van der Waals surface area contributed by atoms with Crippen LogP contribution in [0.2, 0.25) is 0 Å². The molecule has 0 amide bonds. The molecule has 2 aromatic rings. The number of nitrogens with zero attached hydrogens (tertiary/aromatic N) is 2. The summed E-state index contributed by atoms with van der Waals surface area (Å²) in [5.74, 6) is 1.59. The van der Waals surface area contributed by atoms with E-state index in [9.17, 15) is 0 Å². The van der Waals surface area contributed by atoms with Gasteiger partial charge >= 0.3 is 0 Å². The van der Waals surface area contributed by atoms with Gasteiger partial charge in [-0.05, 0) is 25.0 Å². The van der Waals surface area contributed by atoms with Crippen LogP contribution >= 0.6 is 0 Å². The normalized spacial score (nSPS) is 10.4. The summed E-state index contributed by atoms with van der Waals surface area (Å²) >= 11 is 0. The molecule has 0 aliphatic heterocycles. The summed E-state index contributed by atoms with van der Waals surface area (Å²) in [6.45, 7) is 4.58. The van der Waals surface area contributed by atoms with Crippen LogP contribution in [0.5, 0.6) is 0 Å². The maximum Gasteiger partial charge on any atom is 0.130 e. The summed E-state index contributed by atoms with van der Waals surface area (Å²) in [6.07, 6.45) is 0. The lowest BCUT2D eigenvalue weighted by atomic mass is 10.1. The van der Waals surface area contributed by atoms with Crippen LogP contribution in [0, 0.1) is 13.8 Å². The minimum Gasteiger partial charge on any atom is -0.392 e. The second kappa shape index (κ2) is 5.60. The molecule has 0 unspecified atom stereocenters. The number of hydrogen-bond donors (Lipinski definition) is 2. The molecule has 0 spiro atoms. The molecule has 0 saturated carbocycles. The smallest absolute Gasteiger partial charge is 0.130 e. The Balaban J connectivity index is 2.06. The van der Waals surface area contributed by atoms with E-state index < -0.39 is 0 Å². The quantitative estimate of drug-likeness (QED) is 0.864. The number of benzene rings is 1. The minimum absolute atomic E-state index is 0.0690. The Morgan fingerprint density at radius 1 is 1.11 bits per heavy atom. The molecule has 0 fully saturated rings. The number of aliphatic hydroxyl groups excluding tert-OH is 1. The number of rotatable bonds is 4. The summed E-state index contributed by atoms with van der Waals surface area (Å²) < 4.78 is 0. The van der Waals surface area contributed by atoms with Gasteiger partial charge in [0.05, 0.1) is 6.61 Å². The molecule has 0 radical (unpaired) electrons. The first-order valence-corrected chi connectivity index (χ1v) is 5.92. The molecule has 4 nitrogen and oxygen atoms in total. The Labute approximate surface area is 107 Å². The number of aromatic nitrogens is 2. The maximum atomic E-state index is 9.08. The van der Waals surface area contributed by atoms with Crippen LogP contribution in [0.1, 0.15) is 22.6 Å². The van der Waals surface area contributed by atoms with Crippen LogP contribution in [0.25, 0.3) is 0 Å². The van der Waals surface area contributed by atoms with Crippen molar-refractivity contribution < 1.29 is 5.11 Å². The molecule has 0 aliphatic carbocycles. The Hall–Kier alpha value is -1.94. The van der Waals surface area contributed by atoms with E-state index in [4.69, 9.17) is 5.11 Å². The Morgan fingerprint density at radius 3 is 2.61 bits per heavy atom. The topological polar surface area (TPSA) is 58.0 Å². The Bertz CT molecular complexity index is 520. The van der Waals surface area contributed by atoms with Crippen molar-refractivity contribution in [3.63, 3.8) is 0 Å². The standard InChI is InChI=1S/C14H17N3O/c1-10-6-14(17-11(2)16-10)15-8-12-4-3-5-13(7-12)9-18/h3-7,18H,8-9H2,1-2H3,(H,15,16,17). The van der Waals surface area contributed by atoms with Gasteiger partial charge in [0.15, 0.2) is 0 Å². The van der Waals surface area contributed by atoms with E-state index in [2.05, 4.69) is 15.3 Å². The number of nitrogens with one attached hydrogen (secondary N) is 1. The highest BCUT2D eigenvalue weighted by atomic mass is 16.3. The van der Waals surface area contributed by atoms with Gasteiger partial charge in [0, 0.05) is 18.3 Å². The molecule has 1 aromatic carbocycles. The minimum atomic E-state index is 0.0690. The van der Waals surface area contributed by atoms with Crippen molar-refractivity contribution in [1.82, 2.24) is 9.97 Å². The summed E-state index contributed by atoms with van der Waals surface area (Å²) in [5.41, 5.74) is 2.99. The monoisotopic (exact) mass is 243 g/mol. The largest absolute Gasteiger partial charge is 0.392 e. The van der Waals surface area contributed by atoms with Gasteiger partial charge < -0.3 is 10.4 Å².